The first kappa shape index (κ1) is 27.2. The van der Waals surface area contributed by atoms with Crippen molar-refractivity contribution in [3.63, 3.8) is 0 Å². The quantitative estimate of drug-likeness (QED) is 0.275. The Balaban J connectivity index is 1.40. The van der Waals surface area contributed by atoms with Gasteiger partial charge in [-0.25, -0.2) is 13.1 Å². The summed E-state index contributed by atoms with van der Waals surface area (Å²) < 4.78 is 36.6. The largest absolute Gasteiger partial charge is 0.359 e. The number of sulfonamides is 1. The first-order valence-corrected chi connectivity index (χ1v) is 15.6. The van der Waals surface area contributed by atoms with Crippen molar-refractivity contribution in [2.24, 2.45) is 4.99 Å². The molecule has 2 aromatic carbocycles. The molecule has 6 rings (SSSR count). The highest BCUT2D eigenvalue weighted by molar-refractivity contribution is 7.92. The van der Waals surface area contributed by atoms with E-state index in [1.165, 1.54) is 0 Å². The summed E-state index contributed by atoms with van der Waals surface area (Å²) in [5, 5.41) is 9.65. The standard InChI is InChI=1S/C30H34N6O4S/c1-4-5-16-27-31-30(17-10-11-18-30)29(37)35(27)19-23-22-12-6-7-13-24(22)36(32-23)25-14-8-9-15-26(25)41(38,39)34-28-20(2)21(3)40-33-28/h6-9,12-15H,4-5,10-11,16-19H2,1-3H3,(H,33,34). The smallest absolute Gasteiger partial charge is 0.265 e. The summed E-state index contributed by atoms with van der Waals surface area (Å²) in [6, 6.07) is 14.4. The molecule has 1 amide bonds. The number of nitrogens with zero attached hydrogens (tertiary/aromatic N) is 5. The molecule has 214 valence electrons. The number of hydrogen-bond acceptors (Lipinski definition) is 7. The van der Waals surface area contributed by atoms with Crippen LogP contribution in [0.15, 0.2) is 62.9 Å². The van der Waals surface area contributed by atoms with Crippen molar-refractivity contribution >= 4 is 38.5 Å². The van der Waals surface area contributed by atoms with E-state index < -0.39 is 15.6 Å². The van der Waals surface area contributed by atoms with Gasteiger partial charge in [0.15, 0.2) is 5.82 Å². The van der Waals surface area contributed by atoms with Crippen molar-refractivity contribution in [2.75, 3.05) is 4.72 Å². The predicted molar refractivity (Wildman–Crippen MR) is 157 cm³/mol. The molecule has 1 aliphatic carbocycles. The van der Waals surface area contributed by atoms with E-state index in [1.54, 1.807) is 42.8 Å². The number of carbonyl (C=O) groups is 1. The van der Waals surface area contributed by atoms with Gasteiger partial charge < -0.3 is 4.52 Å². The minimum absolute atomic E-state index is 0.0483. The maximum atomic E-state index is 13.8. The second-order valence-electron chi connectivity index (χ2n) is 10.9. The number of aliphatic imine (C=N–C) groups is 1. The fourth-order valence-corrected chi connectivity index (χ4v) is 7.08. The van der Waals surface area contributed by atoms with Crippen LogP contribution in [0.2, 0.25) is 0 Å². The van der Waals surface area contributed by atoms with Crippen molar-refractivity contribution in [2.45, 2.75) is 82.7 Å². The third-order valence-electron chi connectivity index (χ3n) is 8.23. The molecule has 11 heteroatoms. The highest BCUT2D eigenvalue weighted by Gasteiger charge is 2.49. The molecular weight excluding hydrogens is 540 g/mol. The minimum atomic E-state index is -4.04. The molecular formula is C30H34N6O4S. The molecule has 2 aromatic heterocycles. The monoisotopic (exact) mass is 574 g/mol. The van der Waals surface area contributed by atoms with Gasteiger partial charge in [-0.2, -0.15) is 5.10 Å². The molecule has 0 radical (unpaired) electrons. The fraction of sp³-hybridized carbons (Fsp3) is 0.400. The molecule has 0 saturated heterocycles. The van der Waals surface area contributed by atoms with Crippen LogP contribution in [0.1, 0.15) is 68.9 Å². The summed E-state index contributed by atoms with van der Waals surface area (Å²) >= 11 is 0. The van der Waals surface area contributed by atoms with Crippen LogP contribution in [0.3, 0.4) is 0 Å². The average Bonchev–Trinajstić information content (AvgIpc) is 3.73. The van der Waals surface area contributed by atoms with E-state index in [0.29, 0.717) is 22.7 Å². The van der Waals surface area contributed by atoms with E-state index in [0.717, 1.165) is 61.7 Å². The topological polar surface area (TPSA) is 123 Å². The summed E-state index contributed by atoms with van der Waals surface area (Å²) in [7, 11) is -4.04. The maximum Gasteiger partial charge on any atom is 0.265 e. The Morgan fingerprint density at radius 3 is 2.51 bits per heavy atom. The number of aromatic nitrogens is 3. The second kappa shape index (κ2) is 10.4. The Labute approximate surface area is 239 Å². The third-order valence-corrected chi connectivity index (χ3v) is 9.61. The van der Waals surface area contributed by atoms with Crippen LogP contribution in [-0.4, -0.2) is 45.5 Å². The number of aryl methyl sites for hydroxylation is 1. The number of amides is 1. The SMILES string of the molecule is CCCCC1=NC2(CCCC2)C(=O)N1Cc1nn(-c2ccccc2S(=O)(=O)Nc2noc(C)c2C)c2ccccc12. The molecule has 41 heavy (non-hydrogen) atoms. The second-order valence-corrected chi connectivity index (χ2v) is 12.6. The zero-order chi connectivity index (χ0) is 28.8. The Morgan fingerprint density at radius 2 is 1.78 bits per heavy atom. The Morgan fingerprint density at radius 1 is 1.05 bits per heavy atom. The summed E-state index contributed by atoms with van der Waals surface area (Å²) in [5.74, 6) is 1.58. The summed E-state index contributed by atoms with van der Waals surface area (Å²) in [6.45, 7) is 5.88. The lowest BCUT2D eigenvalue weighted by Gasteiger charge is -2.22. The van der Waals surface area contributed by atoms with Crippen molar-refractivity contribution in [3.8, 4) is 5.69 Å². The Hall–Kier alpha value is -3.99. The molecule has 0 unspecified atom stereocenters. The lowest BCUT2D eigenvalue weighted by Crippen LogP contribution is -2.40. The number of fused-ring (bicyclic) bond motifs is 1. The maximum absolute atomic E-state index is 13.8. The number of anilines is 1. The van der Waals surface area contributed by atoms with Gasteiger partial charge in [0.1, 0.15) is 22.0 Å². The van der Waals surface area contributed by atoms with E-state index in [2.05, 4.69) is 16.8 Å². The van der Waals surface area contributed by atoms with Crippen LogP contribution in [0.25, 0.3) is 16.6 Å². The average molecular weight is 575 g/mol. The normalized spacial score (nSPS) is 16.7. The number of nitrogens with one attached hydrogen (secondary N) is 1. The Kier molecular flexibility index (Phi) is 6.93. The van der Waals surface area contributed by atoms with Gasteiger partial charge in [-0.1, -0.05) is 61.7 Å². The van der Waals surface area contributed by atoms with E-state index in [-0.39, 0.29) is 23.2 Å². The van der Waals surface area contributed by atoms with Gasteiger partial charge >= 0.3 is 0 Å². The molecule has 1 N–H and O–H groups in total. The fourth-order valence-electron chi connectivity index (χ4n) is 5.83. The first-order valence-electron chi connectivity index (χ1n) is 14.2. The molecule has 4 aromatic rings. The van der Waals surface area contributed by atoms with Crippen molar-refractivity contribution in [3.05, 3.63) is 65.5 Å². The lowest BCUT2D eigenvalue weighted by molar-refractivity contribution is -0.131. The van der Waals surface area contributed by atoms with Gasteiger partial charge in [0.25, 0.3) is 15.9 Å². The summed E-state index contributed by atoms with van der Waals surface area (Å²) in [6.07, 6.45) is 6.31. The number of rotatable bonds is 9. The number of amidine groups is 1. The zero-order valence-electron chi connectivity index (χ0n) is 23.6. The van der Waals surface area contributed by atoms with Gasteiger partial charge in [0, 0.05) is 17.4 Å². The van der Waals surface area contributed by atoms with Crippen LogP contribution < -0.4 is 4.72 Å². The minimum Gasteiger partial charge on any atom is -0.359 e. The highest BCUT2D eigenvalue weighted by atomic mass is 32.2. The van der Waals surface area contributed by atoms with Crippen LogP contribution in [0, 0.1) is 13.8 Å². The van der Waals surface area contributed by atoms with E-state index in [9.17, 15) is 13.2 Å². The van der Waals surface area contributed by atoms with Gasteiger partial charge in [-0.3, -0.25) is 19.4 Å². The van der Waals surface area contributed by atoms with E-state index in [4.69, 9.17) is 14.6 Å². The number of hydrogen-bond donors (Lipinski definition) is 1. The molecule has 1 saturated carbocycles. The Bertz CT molecular complexity index is 1760. The predicted octanol–water partition coefficient (Wildman–Crippen LogP) is 5.67. The van der Waals surface area contributed by atoms with Crippen LogP contribution >= 0.6 is 0 Å². The van der Waals surface area contributed by atoms with Crippen LogP contribution in [-0.2, 0) is 21.4 Å². The molecule has 0 bridgehead atoms. The summed E-state index contributed by atoms with van der Waals surface area (Å²) in [4.78, 5) is 20.7. The number of benzene rings is 2. The first-order chi connectivity index (χ1) is 19.7. The van der Waals surface area contributed by atoms with Gasteiger partial charge in [-0.15, -0.1) is 0 Å². The van der Waals surface area contributed by atoms with Crippen LogP contribution in [0.5, 0.6) is 0 Å². The molecule has 2 aliphatic rings. The molecule has 1 spiro atoms. The van der Waals surface area contributed by atoms with Crippen molar-refractivity contribution < 1.29 is 17.7 Å². The third kappa shape index (κ3) is 4.71. The highest BCUT2D eigenvalue weighted by Crippen LogP contribution is 2.40. The van der Waals surface area contributed by atoms with Crippen molar-refractivity contribution in [1.82, 2.24) is 19.8 Å². The van der Waals surface area contributed by atoms with E-state index >= 15 is 0 Å². The number of carbonyl (C=O) groups excluding carboxylic acids is 1. The molecule has 10 nitrogen and oxygen atoms in total. The number of unbranched alkanes of at least 4 members (excludes halogenated alkanes) is 1. The molecule has 1 fully saturated rings. The van der Waals surface area contributed by atoms with Crippen LogP contribution in [0.4, 0.5) is 5.82 Å². The van der Waals surface area contributed by atoms with Gasteiger partial charge in [0.05, 0.1) is 23.4 Å². The molecule has 3 heterocycles. The molecule has 0 atom stereocenters. The molecule has 1 aliphatic heterocycles. The van der Waals surface area contributed by atoms with E-state index in [1.807, 2.05) is 29.2 Å². The number of para-hydroxylation sites is 2. The zero-order valence-corrected chi connectivity index (χ0v) is 24.4. The lowest BCUT2D eigenvalue weighted by atomic mass is 9.98. The van der Waals surface area contributed by atoms with Gasteiger partial charge in [-0.05, 0) is 51.3 Å². The summed E-state index contributed by atoms with van der Waals surface area (Å²) in [5.41, 5.74) is 1.81. The van der Waals surface area contributed by atoms with Crippen molar-refractivity contribution in [1.29, 1.82) is 0 Å². The van der Waals surface area contributed by atoms with Gasteiger partial charge in [0.2, 0.25) is 0 Å².